The van der Waals surface area contributed by atoms with Crippen LogP contribution < -0.4 is 0 Å². The fourth-order valence-electron chi connectivity index (χ4n) is 1.41. The molecule has 0 aromatic carbocycles. The maximum atomic E-state index is 11.6. The van der Waals surface area contributed by atoms with Gasteiger partial charge in [-0.05, 0) is 27.2 Å². The van der Waals surface area contributed by atoms with Crippen molar-refractivity contribution in [3.63, 3.8) is 0 Å². The predicted octanol–water partition coefficient (Wildman–Crippen LogP) is 1.33. The van der Waals surface area contributed by atoms with Crippen molar-refractivity contribution >= 4 is 12.2 Å². The van der Waals surface area contributed by atoms with Crippen molar-refractivity contribution in [3.8, 4) is 0 Å². The second-order valence-electron chi connectivity index (χ2n) is 4.59. The summed E-state index contributed by atoms with van der Waals surface area (Å²) >= 11 is 0. The Bertz CT molecular complexity index is 290. The van der Waals surface area contributed by atoms with Crippen LogP contribution in [0.15, 0.2) is 4.99 Å². The number of isocyanates is 1. The zero-order chi connectivity index (χ0) is 11.5. The highest BCUT2D eigenvalue weighted by atomic mass is 16.6. The van der Waals surface area contributed by atoms with Gasteiger partial charge in [-0.15, -0.1) is 0 Å². The first-order chi connectivity index (χ1) is 6.92. The van der Waals surface area contributed by atoms with Crippen LogP contribution in [0.4, 0.5) is 4.79 Å². The smallest absolute Gasteiger partial charge is 0.410 e. The average molecular weight is 212 g/mol. The number of rotatable bonds is 1. The molecule has 0 aromatic rings. The van der Waals surface area contributed by atoms with E-state index in [2.05, 4.69) is 4.99 Å². The maximum Gasteiger partial charge on any atom is 0.410 e. The van der Waals surface area contributed by atoms with E-state index in [9.17, 15) is 9.59 Å². The largest absolute Gasteiger partial charge is 0.444 e. The van der Waals surface area contributed by atoms with Crippen LogP contribution in [0.1, 0.15) is 27.2 Å². The minimum Gasteiger partial charge on any atom is -0.444 e. The van der Waals surface area contributed by atoms with E-state index >= 15 is 0 Å². The number of aliphatic imine (C=N–C) groups is 1. The van der Waals surface area contributed by atoms with Crippen molar-refractivity contribution in [1.82, 2.24) is 4.90 Å². The molecule has 0 saturated carbocycles. The van der Waals surface area contributed by atoms with Gasteiger partial charge in [0.25, 0.3) is 0 Å². The summed E-state index contributed by atoms with van der Waals surface area (Å²) < 4.78 is 5.19. The Hall–Kier alpha value is -1.35. The lowest BCUT2D eigenvalue weighted by atomic mass is 10.2. The highest BCUT2D eigenvalue weighted by Gasteiger charge is 2.29. The van der Waals surface area contributed by atoms with Crippen LogP contribution >= 0.6 is 0 Å². The van der Waals surface area contributed by atoms with Gasteiger partial charge < -0.3 is 9.64 Å². The zero-order valence-corrected chi connectivity index (χ0v) is 9.32. The molecular formula is C10H16N2O3. The number of nitrogens with zero attached hydrogens (tertiary/aromatic N) is 2. The molecule has 1 fully saturated rings. The van der Waals surface area contributed by atoms with Gasteiger partial charge in [-0.25, -0.2) is 14.6 Å². The molecule has 0 radical (unpaired) electrons. The topological polar surface area (TPSA) is 59.0 Å². The Balaban J connectivity index is 2.47. The number of hydrogen-bond acceptors (Lipinski definition) is 4. The molecule has 0 aliphatic carbocycles. The SMILES string of the molecule is CC(C)(C)OC(=O)N1CCC(N=C=O)C1. The van der Waals surface area contributed by atoms with Gasteiger partial charge in [0, 0.05) is 13.1 Å². The predicted molar refractivity (Wildman–Crippen MR) is 54.3 cm³/mol. The molecule has 0 N–H and O–H groups in total. The molecule has 15 heavy (non-hydrogen) atoms. The number of amides is 1. The lowest BCUT2D eigenvalue weighted by Gasteiger charge is -2.24. The molecule has 84 valence electrons. The molecule has 0 aromatic heterocycles. The van der Waals surface area contributed by atoms with Crippen molar-refractivity contribution in [1.29, 1.82) is 0 Å². The molecule has 1 amide bonds. The van der Waals surface area contributed by atoms with Gasteiger partial charge in [-0.1, -0.05) is 0 Å². The highest BCUT2D eigenvalue weighted by molar-refractivity contribution is 5.68. The van der Waals surface area contributed by atoms with Gasteiger partial charge in [0.2, 0.25) is 6.08 Å². The van der Waals surface area contributed by atoms with Crippen molar-refractivity contribution in [2.45, 2.75) is 38.8 Å². The van der Waals surface area contributed by atoms with Crippen LogP contribution in [0, 0.1) is 0 Å². The first-order valence-electron chi connectivity index (χ1n) is 4.97. The maximum absolute atomic E-state index is 11.6. The van der Waals surface area contributed by atoms with E-state index in [4.69, 9.17) is 4.74 Å². The molecule has 5 nitrogen and oxygen atoms in total. The van der Waals surface area contributed by atoms with E-state index in [1.807, 2.05) is 20.8 Å². The molecule has 1 aliphatic heterocycles. The molecule has 0 spiro atoms. The van der Waals surface area contributed by atoms with Crippen molar-refractivity contribution < 1.29 is 14.3 Å². The summed E-state index contributed by atoms with van der Waals surface area (Å²) in [6, 6.07) is -0.116. The Morgan fingerprint density at radius 1 is 1.53 bits per heavy atom. The van der Waals surface area contributed by atoms with Gasteiger partial charge >= 0.3 is 6.09 Å². The van der Waals surface area contributed by atoms with Gasteiger partial charge in [0.15, 0.2) is 0 Å². The van der Waals surface area contributed by atoms with Crippen LogP contribution in [0.3, 0.4) is 0 Å². The standard InChI is InChI=1S/C10H16N2O3/c1-10(2,3)15-9(14)12-5-4-8(6-12)11-7-13/h8H,4-6H2,1-3H3. The van der Waals surface area contributed by atoms with Crippen LogP contribution in [0.25, 0.3) is 0 Å². The second-order valence-corrected chi connectivity index (χ2v) is 4.59. The van der Waals surface area contributed by atoms with Crippen LogP contribution in [0.2, 0.25) is 0 Å². The normalized spacial score (nSPS) is 21.0. The average Bonchev–Trinajstić information content (AvgIpc) is 2.50. The molecular weight excluding hydrogens is 196 g/mol. The summed E-state index contributed by atoms with van der Waals surface area (Å²) in [6.07, 6.45) is 1.87. The van der Waals surface area contributed by atoms with Crippen LogP contribution in [-0.2, 0) is 9.53 Å². The lowest BCUT2D eigenvalue weighted by molar-refractivity contribution is 0.0293. The summed E-state index contributed by atoms with van der Waals surface area (Å²) in [7, 11) is 0. The Kier molecular flexibility index (Phi) is 3.48. The summed E-state index contributed by atoms with van der Waals surface area (Å²) in [6.45, 7) is 6.50. The third-order valence-corrected chi connectivity index (χ3v) is 2.05. The number of likely N-dealkylation sites (tertiary alicyclic amines) is 1. The van der Waals surface area contributed by atoms with E-state index < -0.39 is 5.60 Å². The third-order valence-electron chi connectivity index (χ3n) is 2.05. The number of ether oxygens (including phenoxy) is 1. The summed E-state index contributed by atoms with van der Waals surface area (Å²) in [4.78, 5) is 26.8. The fourth-order valence-corrected chi connectivity index (χ4v) is 1.41. The molecule has 1 aliphatic rings. The van der Waals surface area contributed by atoms with Gasteiger partial charge in [0.05, 0.1) is 6.04 Å². The molecule has 1 saturated heterocycles. The number of carbonyl (C=O) groups excluding carboxylic acids is 2. The van der Waals surface area contributed by atoms with E-state index in [0.717, 1.165) is 0 Å². The molecule has 1 rings (SSSR count). The number of hydrogen-bond donors (Lipinski definition) is 0. The summed E-state index contributed by atoms with van der Waals surface area (Å²) in [5.41, 5.74) is -0.483. The molecule has 1 unspecified atom stereocenters. The minimum absolute atomic E-state index is 0.116. The van der Waals surface area contributed by atoms with E-state index in [1.54, 1.807) is 4.90 Å². The first-order valence-corrected chi connectivity index (χ1v) is 4.97. The van der Waals surface area contributed by atoms with Crippen LogP contribution in [-0.4, -0.2) is 41.8 Å². The van der Waals surface area contributed by atoms with E-state index in [1.165, 1.54) is 6.08 Å². The highest BCUT2D eigenvalue weighted by Crippen LogP contribution is 2.16. The zero-order valence-electron chi connectivity index (χ0n) is 9.32. The van der Waals surface area contributed by atoms with Crippen LogP contribution in [0.5, 0.6) is 0 Å². The quantitative estimate of drug-likeness (QED) is 0.486. The van der Waals surface area contributed by atoms with E-state index in [-0.39, 0.29) is 12.1 Å². The monoisotopic (exact) mass is 212 g/mol. The van der Waals surface area contributed by atoms with Gasteiger partial charge in [-0.3, -0.25) is 0 Å². The van der Waals surface area contributed by atoms with Gasteiger partial charge in [0.1, 0.15) is 5.60 Å². The molecule has 5 heteroatoms. The minimum atomic E-state index is -0.483. The third kappa shape index (κ3) is 3.72. The lowest BCUT2D eigenvalue weighted by Crippen LogP contribution is -2.35. The summed E-state index contributed by atoms with van der Waals surface area (Å²) in [5, 5.41) is 0. The summed E-state index contributed by atoms with van der Waals surface area (Å²) in [5.74, 6) is 0. The van der Waals surface area contributed by atoms with Crippen molar-refractivity contribution in [2.75, 3.05) is 13.1 Å². The van der Waals surface area contributed by atoms with Crippen molar-refractivity contribution in [3.05, 3.63) is 0 Å². The molecule has 1 atom stereocenters. The Morgan fingerprint density at radius 3 is 2.73 bits per heavy atom. The first kappa shape index (κ1) is 11.7. The van der Waals surface area contributed by atoms with E-state index in [0.29, 0.717) is 19.5 Å². The Morgan fingerprint density at radius 2 is 2.20 bits per heavy atom. The Labute approximate surface area is 89.1 Å². The molecule has 0 bridgehead atoms. The fraction of sp³-hybridized carbons (Fsp3) is 0.800. The molecule has 1 heterocycles. The second kappa shape index (κ2) is 4.45. The van der Waals surface area contributed by atoms with Crippen molar-refractivity contribution in [2.24, 2.45) is 4.99 Å². The number of carbonyl (C=O) groups is 1. The van der Waals surface area contributed by atoms with Gasteiger partial charge in [-0.2, -0.15) is 0 Å².